The molecule has 1 unspecified atom stereocenters. The standard InChI is InChI=1S/C25H32N2OS/c1-26-16-19-15-22(28-21-11-13-27(14-12-21)20-5-6-20)7-10-24(19)25(17-26)18-3-8-23(29-2)9-4-18/h3-4,7-10,15,20-21,25H,5-6,11-14,16-17H2,1-2H3. The lowest BCUT2D eigenvalue weighted by Gasteiger charge is -2.34. The van der Waals surface area contributed by atoms with Gasteiger partial charge in [0, 0.05) is 43.0 Å². The second-order valence-electron chi connectivity index (χ2n) is 8.97. The topological polar surface area (TPSA) is 15.7 Å². The highest BCUT2D eigenvalue weighted by atomic mass is 32.2. The maximum atomic E-state index is 6.43. The monoisotopic (exact) mass is 408 g/mol. The summed E-state index contributed by atoms with van der Waals surface area (Å²) in [6.07, 6.45) is 7.65. The zero-order chi connectivity index (χ0) is 19.8. The molecular formula is C25H32N2OS. The molecule has 3 nitrogen and oxygen atoms in total. The van der Waals surface area contributed by atoms with Gasteiger partial charge in [-0.1, -0.05) is 18.2 Å². The van der Waals surface area contributed by atoms with E-state index in [0.717, 1.165) is 37.7 Å². The summed E-state index contributed by atoms with van der Waals surface area (Å²) in [4.78, 5) is 6.43. The Morgan fingerprint density at radius 2 is 1.72 bits per heavy atom. The molecule has 1 aliphatic carbocycles. The summed E-state index contributed by atoms with van der Waals surface area (Å²) in [6.45, 7) is 4.49. The molecular weight excluding hydrogens is 376 g/mol. The normalized spacial score (nSPS) is 23.7. The lowest BCUT2D eigenvalue weighted by molar-refractivity contribution is 0.0963. The number of likely N-dealkylation sites (N-methyl/N-ethyl adjacent to an activating group) is 1. The molecule has 0 bridgehead atoms. The van der Waals surface area contributed by atoms with Gasteiger partial charge < -0.3 is 14.5 Å². The van der Waals surface area contributed by atoms with Crippen LogP contribution in [0.2, 0.25) is 0 Å². The van der Waals surface area contributed by atoms with Gasteiger partial charge in [0.1, 0.15) is 11.9 Å². The molecule has 29 heavy (non-hydrogen) atoms. The van der Waals surface area contributed by atoms with Gasteiger partial charge in [-0.2, -0.15) is 0 Å². The molecule has 3 aliphatic rings. The highest BCUT2D eigenvalue weighted by Gasteiger charge is 2.32. The van der Waals surface area contributed by atoms with Gasteiger partial charge in [-0.25, -0.2) is 0 Å². The number of hydrogen-bond acceptors (Lipinski definition) is 4. The van der Waals surface area contributed by atoms with E-state index in [0.29, 0.717) is 12.0 Å². The first kappa shape index (κ1) is 19.5. The third-order valence-corrected chi connectivity index (χ3v) is 7.53. The van der Waals surface area contributed by atoms with Crippen molar-refractivity contribution < 1.29 is 4.74 Å². The van der Waals surface area contributed by atoms with Crippen molar-refractivity contribution in [1.82, 2.24) is 9.80 Å². The van der Waals surface area contributed by atoms with E-state index in [4.69, 9.17) is 4.74 Å². The second-order valence-corrected chi connectivity index (χ2v) is 9.85. The summed E-state index contributed by atoms with van der Waals surface area (Å²) in [5.41, 5.74) is 4.30. The van der Waals surface area contributed by atoms with E-state index < -0.39 is 0 Å². The van der Waals surface area contributed by atoms with Crippen molar-refractivity contribution in [2.24, 2.45) is 0 Å². The smallest absolute Gasteiger partial charge is 0.120 e. The van der Waals surface area contributed by atoms with Gasteiger partial charge >= 0.3 is 0 Å². The lowest BCUT2D eigenvalue weighted by atomic mass is 9.85. The number of thioether (sulfide) groups is 1. The maximum Gasteiger partial charge on any atom is 0.120 e. The summed E-state index contributed by atoms with van der Waals surface area (Å²) in [7, 11) is 2.23. The fraction of sp³-hybridized carbons (Fsp3) is 0.520. The van der Waals surface area contributed by atoms with E-state index in [1.54, 1.807) is 11.8 Å². The number of hydrogen-bond donors (Lipinski definition) is 0. The molecule has 0 amide bonds. The van der Waals surface area contributed by atoms with Crippen molar-refractivity contribution in [3.63, 3.8) is 0 Å². The fourth-order valence-electron chi connectivity index (χ4n) is 5.01. The molecule has 1 saturated carbocycles. The molecule has 2 heterocycles. The first-order valence-electron chi connectivity index (χ1n) is 11.1. The number of piperidine rings is 1. The first-order chi connectivity index (χ1) is 14.2. The molecule has 1 atom stereocenters. The molecule has 2 aromatic carbocycles. The molecule has 154 valence electrons. The fourth-order valence-corrected chi connectivity index (χ4v) is 5.42. The van der Waals surface area contributed by atoms with E-state index in [-0.39, 0.29) is 0 Å². The Morgan fingerprint density at radius 3 is 2.41 bits per heavy atom. The number of rotatable bonds is 5. The Labute approximate surface area is 179 Å². The summed E-state index contributed by atoms with van der Waals surface area (Å²) < 4.78 is 6.43. The quantitative estimate of drug-likeness (QED) is 0.647. The number of fused-ring (bicyclic) bond motifs is 1. The Bertz CT molecular complexity index is 840. The molecule has 2 fully saturated rings. The summed E-state index contributed by atoms with van der Waals surface area (Å²) >= 11 is 1.80. The van der Waals surface area contributed by atoms with Gasteiger partial charge in [-0.15, -0.1) is 11.8 Å². The van der Waals surface area contributed by atoms with Crippen molar-refractivity contribution >= 4 is 11.8 Å². The van der Waals surface area contributed by atoms with E-state index in [1.165, 1.54) is 47.5 Å². The molecule has 0 spiro atoms. The van der Waals surface area contributed by atoms with E-state index in [2.05, 4.69) is 65.6 Å². The van der Waals surface area contributed by atoms with Crippen LogP contribution in [0.4, 0.5) is 0 Å². The van der Waals surface area contributed by atoms with Crippen LogP contribution in [-0.4, -0.2) is 54.9 Å². The van der Waals surface area contributed by atoms with Crippen molar-refractivity contribution in [3.8, 4) is 5.75 Å². The Kier molecular flexibility index (Phi) is 5.59. The van der Waals surface area contributed by atoms with E-state index in [9.17, 15) is 0 Å². The highest BCUT2D eigenvalue weighted by molar-refractivity contribution is 7.98. The van der Waals surface area contributed by atoms with Gasteiger partial charge in [0.05, 0.1) is 0 Å². The average Bonchev–Trinajstić information content (AvgIpc) is 3.59. The minimum absolute atomic E-state index is 0.374. The average molecular weight is 409 g/mol. The van der Waals surface area contributed by atoms with Gasteiger partial charge in [0.2, 0.25) is 0 Å². The maximum absolute atomic E-state index is 6.43. The van der Waals surface area contributed by atoms with Crippen molar-refractivity contribution in [3.05, 3.63) is 59.2 Å². The summed E-state index contributed by atoms with van der Waals surface area (Å²) in [5.74, 6) is 1.50. The van der Waals surface area contributed by atoms with Crippen molar-refractivity contribution in [2.75, 3.05) is 32.9 Å². The van der Waals surface area contributed by atoms with Crippen LogP contribution in [-0.2, 0) is 6.54 Å². The van der Waals surface area contributed by atoms with Crippen LogP contribution in [0.1, 0.15) is 48.3 Å². The predicted molar refractivity (Wildman–Crippen MR) is 121 cm³/mol. The largest absolute Gasteiger partial charge is 0.490 e. The van der Waals surface area contributed by atoms with Crippen LogP contribution in [0.5, 0.6) is 5.75 Å². The van der Waals surface area contributed by atoms with Gasteiger partial charge in [0.25, 0.3) is 0 Å². The van der Waals surface area contributed by atoms with Crippen LogP contribution >= 0.6 is 11.8 Å². The molecule has 0 N–H and O–H groups in total. The lowest BCUT2D eigenvalue weighted by Crippen LogP contribution is -2.39. The van der Waals surface area contributed by atoms with Gasteiger partial charge in [-0.05, 0) is 79.9 Å². The molecule has 0 aromatic heterocycles. The predicted octanol–water partition coefficient (Wildman–Crippen LogP) is 4.99. The van der Waals surface area contributed by atoms with Crippen LogP contribution in [0, 0.1) is 0 Å². The number of ether oxygens (including phenoxy) is 1. The Hall–Kier alpha value is -1.49. The van der Waals surface area contributed by atoms with Crippen LogP contribution in [0.25, 0.3) is 0 Å². The Balaban J connectivity index is 1.31. The minimum atomic E-state index is 0.374. The van der Waals surface area contributed by atoms with Crippen LogP contribution in [0.3, 0.4) is 0 Å². The highest BCUT2D eigenvalue weighted by Crippen LogP contribution is 2.36. The second kappa shape index (κ2) is 8.33. The molecule has 4 heteroatoms. The van der Waals surface area contributed by atoms with Crippen LogP contribution < -0.4 is 4.74 Å². The van der Waals surface area contributed by atoms with Gasteiger partial charge in [0.15, 0.2) is 0 Å². The summed E-state index contributed by atoms with van der Waals surface area (Å²) in [6, 6.07) is 16.8. The third kappa shape index (κ3) is 4.35. The zero-order valence-corrected chi connectivity index (χ0v) is 18.5. The molecule has 0 radical (unpaired) electrons. The molecule has 2 aromatic rings. The zero-order valence-electron chi connectivity index (χ0n) is 17.6. The third-order valence-electron chi connectivity index (χ3n) is 6.79. The van der Waals surface area contributed by atoms with E-state index in [1.807, 2.05) is 0 Å². The number of likely N-dealkylation sites (tertiary alicyclic amines) is 1. The van der Waals surface area contributed by atoms with Crippen LogP contribution in [0.15, 0.2) is 47.4 Å². The summed E-state index contributed by atoms with van der Waals surface area (Å²) in [5, 5.41) is 0. The Morgan fingerprint density at radius 1 is 0.966 bits per heavy atom. The van der Waals surface area contributed by atoms with E-state index >= 15 is 0 Å². The molecule has 2 aliphatic heterocycles. The van der Waals surface area contributed by atoms with Crippen molar-refractivity contribution in [1.29, 1.82) is 0 Å². The minimum Gasteiger partial charge on any atom is -0.490 e. The first-order valence-corrected chi connectivity index (χ1v) is 12.3. The number of nitrogens with zero attached hydrogens (tertiary/aromatic N) is 2. The van der Waals surface area contributed by atoms with Gasteiger partial charge in [-0.3, -0.25) is 0 Å². The molecule has 1 saturated heterocycles. The SMILES string of the molecule is CSc1ccc(C2CN(C)Cc3cc(OC4CCN(C5CC5)CC4)ccc32)cc1. The number of benzene rings is 2. The molecule has 5 rings (SSSR count). The van der Waals surface area contributed by atoms with Crippen molar-refractivity contribution in [2.45, 2.75) is 55.2 Å².